The molecule has 0 bridgehead atoms. The molecule has 1 saturated carbocycles. The maximum atomic E-state index is 11.2. The highest BCUT2D eigenvalue weighted by Gasteiger charge is 2.58. The summed E-state index contributed by atoms with van der Waals surface area (Å²) in [5.41, 5.74) is -0.316. The van der Waals surface area contributed by atoms with Crippen molar-refractivity contribution >= 4 is 35.4 Å². The number of hydrogen-bond acceptors (Lipinski definition) is 3. The van der Waals surface area contributed by atoms with E-state index in [0.717, 1.165) is 18.4 Å². The molecule has 23 heavy (non-hydrogen) atoms. The van der Waals surface area contributed by atoms with Crippen molar-refractivity contribution in [1.29, 1.82) is 0 Å². The maximum absolute atomic E-state index is 11.2. The molecular weight excluding hydrogens is 353 g/mol. The van der Waals surface area contributed by atoms with Gasteiger partial charge in [-0.1, -0.05) is 23.3 Å². The van der Waals surface area contributed by atoms with Gasteiger partial charge in [0, 0.05) is 17.9 Å². The average molecular weight is 372 g/mol. The number of halogens is 2. The van der Waals surface area contributed by atoms with Gasteiger partial charge in [-0.15, -0.1) is 23.9 Å². The monoisotopic (exact) mass is 371 g/mol. The van der Waals surface area contributed by atoms with Crippen molar-refractivity contribution in [2.24, 2.45) is 0 Å². The fourth-order valence-electron chi connectivity index (χ4n) is 2.48. The quantitative estimate of drug-likeness (QED) is 0.330. The molecule has 0 amide bonds. The summed E-state index contributed by atoms with van der Waals surface area (Å²) in [5.74, 6) is 2.52. The molecule has 2 rings (SSSR count). The number of allylic oxidation sites excluding steroid dienone is 3. The standard InChI is InChI=1S/C16H19Cl2N3OS/c1-3-4-5-6-13(17)12(2)9-16(22,15(18)7-8-15)10-21-14(23)19-11-20-21/h1,5-6,11,22H,4,7-10H2,2H3,(H,19,20,23)/b6-5-,13-12-. The van der Waals surface area contributed by atoms with Crippen LogP contribution in [-0.4, -0.2) is 30.3 Å². The molecular formula is C16H19Cl2N3OS. The van der Waals surface area contributed by atoms with E-state index in [2.05, 4.69) is 16.0 Å². The van der Waals surface area contributed by atoms with Crippen molar-refractivity contribution in [3.63, 3.8) is 0 Å². The highest BCUT2D eigenvalue weighted by molar-refractivity contribution is 7.71. The Hall–Kier alpha value is -1.06. The molecule has 124 valence electrons. The fraction of sp³-hybridized carbons (Fsp3) is 0.500. The van der Waals surface area contributed by atoms with E-state index in [0.29, 0.717) is 22.6 Å². The number of hydrogen-bond donors (Lipinski definition) is 2. The number of aromatic nitrogens is 3. The summed E-state index contributed by atoms with van der Waals surface area (Å²) < 4.78 is 2.00. The van der Waals surface area contributed by atoms with Crippen LogP contribution in [0.5, 0.6) is 0 Å². The van der Waals surface area contributed by atoms with Crippen LogP contribution in [0.4, 0.5) is 0 Å². The second-order valence-electron chi connectivity index (χ2n) is 5.87. The van der Waals surface area contributed by atoms with E-state index >= 15 is 0 Å². The molecule has 0 saturated heterocycles. The molecule has 2 N–H and O–H groups in total. The maximum Gasteiger partial charge on any atom is 0.215 e. The van der Waals surface area contributed by atoms with Gasteiger partial charge < -0.3 is 5.11 Å². The zero-order valence-electron chi connectivity index (χ0n) is 12.9. The van der Waals surface area contributed by atoms with E-state index < -0.39 is 10.5 Å². The summed E-state index contributed by atoms with van der Waals surface area (Å²) in [7, 11) is 0. The largest absolute Gasteiger partial charge is 0.386 e. The van der Waals surface area contributed by atoms with Crippen molar-refractivity contribution in [3.8, 4) is 12.3 Å². The van der Waals surface area contributed by atoms with E-state index in [1.54, 1.807) is 10.8 Å². The Kier molecular flexibility index (Phi) is 5.74. The van der Waals surface area contributed by atoms with Crippen LogP contribution in [0.3, 0.4) is 0 Å². The van der Waals surface area contributed by atoms with Gasteiger partial charge in [-0.2, -0.15) is 0 Å². The SMILES string of the molecule is C#CC/C=C\C(Cl)=C(/C)CC(O)(Cn1[nH]cnc1=S)C1(Cl)CC1. The van der Waals surface area contributed by atoms with E-state index in [-0.39, 0.29) is 6.54 Å². The van der Waals surface area contributed by atoms with Gasteiger partial charge in [0.05, 0.1) is 11.4 Å². The fourth-order valence-corrected chi connectivity index (χ4v) is 3.03. The molecule has 1 heterocycles. The first-order valence-corrected chi connectivity index (χ1v) is 8.44. The predicted molar refractivity (Wildman–Crippen MR) is 95.9 cm³/mol. The smallest absolute Gasteiger partial charge is 0.215 e. The lowest BCUT2D eigenvalue weighted by Crippen LogP contribution is -2.45. The zero-order chi connectivity index (χ0) is 17.1. The lowest BCUT2D eigenvalue weighted by molar-refractivity contribution is 0.00729. The van der Waals surface area contributed by atoms with Crippen molar-refractivity contribution in [2.45, 2.75) is 49.6 Å². The Labute approximate surface area is 151 Å². The predicted octanol–water partition coefficient (Wildman–Crippen LogP) is 3.93. The molecule has 1 aliphatic rings. The Morgan fingerprint density at radius 3 is 2.91 bits per heavy atom. The van der Waals surface area contributed by atoms with Crippen molar-refractivity contribution < 1.29 is 5.11 Å². The summed E-state index contributed by atoms with van der Waals surface area (Å²) in [6.45, 7) is 2.12. The van der Waals surface area contributed by atoms with E-state index in [1.807, 2.05) is 13.0 Å². The molecule has 1 aliphatic carbocycles. The molecule has 1 unspecified atom stereocenters. The van der Waals surface area contributed by atoms with Gasteiger partial charge in [0.2, 0.25) is 4.77 Å². The summed E-state index contributed by atoms with van der Waals surface area (Å²) in [6, 6.07) is 0. The average Bonchev–Trinajstić information content (AvgIpc) is 3.14. The van der Waals surface area contributed by atoms with Gasteiger partial charge >= 0.3 is 0 Å². The number of terminal acetylenes is 1. The van der Waals surface area contributed by atoms with Gasteiger partial charge in [0.15, 0.2) is 0 Å². The topological polar surface area (TPSA) is 53.8 Å². The molecule has 1 atom stereocenters. The molecule has 7 heteroatoms. The molecule has 0 spiro atoms. The lowest BCUT2D eigenvalue weighted by atomic mass is 9.89. The molecule has 0 radical (unpaired) electrons. The number of alkyl halides is 1. The minimum absolute atomic E-state index is 0.241. The van der Waals surface area contributed by atoms with Crippen LogP contribution in [0.2, 0.25) is 0 Å². The summed E-state index contributed by atoms with van der Waals surface area (Å²) in [4.78, 5) is 3.31. The minimum atomic E-state index is -1.16. The second kappa shape index (κ2) is 7.23. The third-order valence-electron chi connectivity index (χ3n) is 4.03. The Bertz CT molecular complexity index is 724. The first-order chi connectivity index (χ1) is 10.8. The highest BCUT2D eigenvalue weighted by atomic mass is 35.5. The summed E-state index contributed by atoms with van der Waals surface area (Å²) in [5, 5.41) is 14.7. The van der Waals surface area contributed by atoms with Gasteiger partial charge in [0.1, 0.15) is 11.9 Å². The Morgan fingerprint density at radius 1 is 1.70 bits per heavy atom. The van der Waals surface area contributed by atoms with Crippen LogP contribution >= 0.6 is 35.4 Å². The number of nitrogens with zero attached hydrogens (tertiary/aromatic N) is 2. The minimum Gasteiger partial charge on any atom is -0.386 e. The van der Waals surface area contributed by atoms with Gasteiger partial charge in [-0.25, -0.2) is 4.98 Å². The van der Waals surface area contributed by atoms with Crippen LogP contribution in [0, 0.1) is 17.1 Å². The molecule has 0 aliphatic heterocycles. The summed E-state index contributed by atoms with van der Waals surface area (Å²) in [6.07, 6.45) is 12.6. The number of aromatic amines is 1. The van der Waals surface area contributed by atoms with Gasteiger partial charge in [-0.05, 0) is 38.1 Å². The van der Waals surface area contributed by atoms with Crippen LogP contribution in [0.1, 0.15) is 32.6 Å². The molecule has 1 fully saturated rings. The number of nitrogens with one attached hydrogen (secondary N) is 1. The van der Waals surface area contributed by atoms with E-state index in [1.165, 1.54) is 6.33 Å². The molecule has 1 aromatic rings. The Morgan fingerprint density at radius 2 is 2.39 bits per heavy atom. The molecule has 1 aromatic heterocycles. The van der Waals surface area contributed by atoms with Gasteiger partial charge in [-0.3, -0.25) is 9.78 Å². The zero-order valence-corrected chi connectivity index (χ0v) is 15.2. The van der Waals surface area contributed by atoms with Crippen LogP contribution in [0.25, 0.3) is 0 Å². The first-order valence-electron chi connectivity index (χ1n) is 7.28. The highest BCUT2D eigenvalue weighted by Crippen LogP contribution is 2.54. The van der Waals surface area contributed by atoms with Crippen LogP contribution in [-0.2, 0) is 6.54 Å². The summed E-state index contributed by atoms with van der Waals surface area (Å²) >= 11 is 18.0. The normalized spacial score (nSPS) is 20.0. The molecule has 0 aromatic carbocycles. The molecule has 4 nitrogen and oxygen atoms in total. The number of aliphatic hydroxyl groups is 1. The van der Waals surface area contributed by atoms with Crippen LogP contribution < -0.4 is 0 Å². The third kappa shape index (κ3) is 4.27. The number of H-pyrrole nitrogens is 1. The lowest BCUT2D eigenvalue weighted by Gasteiger charge is -2.33. The second-order valence-corrected chi connectivity index (χ2v) is 7.36. The van der Waals surface area contributed by atoms with Gasteiger partial charge in [0.25, 0.3) is 0 Å². The van der Waals surface area contributed by atoms with E-state index in [9.17, 15) is 5.11 Å². The third-order valence-corrected chi connectivity index (χ3v) is 5.53. The Balaban J connectivity index is 2.23. The number of rotatable bonds is 7. The van der Waals surface area contributed by atoms with Crippen molar-refractivity contribution in [2.75, 3.05) is 0 Å². The van der Waals surface area contributed by atoms with Crippen molar-refractivity contribution in [3.05, 3.63) is 33.9 Å². The first kappa shape index (κ1) is 18.3. The van der Waals surface area contributed by atoms with E-state index in [4.69, 9.17) is 41.8 Å². The van der Waals surface area contributed by atoms with Crippen molar-refractivity contribution in [1.82, 2.24) is 14.8 Å². The van der Waals surface area contributed by atoms with Crippen LogP contribution in [0.15, 0.2) is 29.1 Å².